The molecule has 114 valence electrons. The van der Waals surface area contributed by atoms with Gasteiger partial charge in [-0.15, -0.1) is 0 Å². The molecule has 0 bridgehead atoms. The van der Waals surface area contributed by atoms with Crippen LogP contribution in [0.15, 0.2) is 48.5 Å². The van der Waals surface area contributed by atoms with Gasteiger partial charge in [0.1, 0.15) is 0 Å². The largest absolute Gasteiger partial charge is 0.494 e. The first-order valence-electron chi connectivity index (χ1n) is 7.51. The van der Waals surface area contributed by atoms with Gasteiger partial charge in [-0.05, 0) is 44.8 Å². The van der Waals surface area contributed by atoms with E-state index in [2.05, 4.69) is 39.8 Å². The molecule has 0 aromatic heterocycles. The third-order valence-corrected chi connectivity index (χ3v) is 4.93. The van der Waals surface area contributed by atoms with Crippen molar-refractivity contribution in [2.75, 3.05) is 0 Å². The minimum absolute atomic E-state index is 0.335. The number of benzene rings is 2. The molecular weight excluding hydrogens is 294 g/mol. The number of rotatable bonds is 2. The van der Waals surface area contributed by atoms with Crippen LogP contribution in [-0.2, 0) is 9.31 Å². The van der Waals surface area contributed by atoms with Crippen LogP contribution < -0.4 is 5.46 Å². The Labute approximate surface area is 137 Å². The summed E-state index contributed by atoms with van der Waals surface area (Å²) < 4.78 is 12.2. The average Bonchev–Trinajstić information content (AvgIpc) is 2.68. The van der Waals surface area contributed by atoms with Crippen molar-refractivity contribution in [3.05, 3.63) is 53.6 Å². The van der Waals surface area contributed by atoms with Gasteiger partial charge in [0.15, 0.2) is 0 Å². The quantitative estimate of drug-likeness (QED) is 0.769. The fraction of sp³-hybridized carbons (Fsp3) is 0.333. The van der Waals surface area contributed by atoms with Crippen LogP contribution in [0, 0.1) is 0 Å². The monoisotopic (exact) mass is 314 g/mol. The topological polar surface area (TPSA) is 18.5 Å². The van der Waals surface area contributed by atoms with E-state index in [0.29, 0.717) is 0 Å². The van der Waals surface area contributed by atoms with Crippen LogP contribution in [0.5, 0.6) is 0 Å². The van der Waals surface area contributed by atoms with Crippen molar-refractivity contribution in [2.45, 2.75) is 38.9 Å². The van der Waals surface area contributed by atoms with Gasteiger partial charge in [-0.25, -0.2) is 0 Å². The Kier molecular flexibility index (Phi) is 3.84. The van der Waals surface area contributed by atoms with Gasteiger partial charge in [-0.3, -0.25) is 0 Å². The third kappa shape index (κ3) is 2.69. The Morgan fingerprint density at radius 3 is 2.14 bits per heavy atom. The maximum Gasteiger partial charge on any atom is 0.494 e. The maximum atomic E-state index is 6.30. The highest BCUT2D eigenvalue weighted by Crippen LogP contribution is 2.36. The molecule has 3 rings (SSSR count). The van der Waals surface area contributed by atoms with E-state index in [0.717, 1.165) is 21.6 Å². The molecular formula is C18H20BClO2. The van der Waals surface area contributed by atoms with E-state index in [9.17, 15) is 0 Å². The van der Waals surface area contributed by atoms with E-state index in [1.54, 1.807) is 0 Å². The van der Waals surface area contributed by atoms with Crippen LogP contribution in [0.3, 0.4) is 0 Å². The van der Waals surface area contributed by atoms with E-state index in [4.69, 9.17) is 20.9 Å². The van der Waals surface area contributed by atoms with E-state index in [-0.39, 0.29) is 18.3 Å². The number of halogens is 1. The molecule has 0 amide bonds. The van der Waals surface area contributed by atoms with Crippen LogP contribution in [0.25, 0.3) is 11.1 Å². The molecule has 2 aromatic rings. The molecule has 0 unspecified atom stereocenters. The highest BCUT2D eigenvalue weighted by Gasteiger charge is 2.51. The van der Waals surface area contributed by atoms with E-state index >= 15 is 0 Å². The van der Waals surface area contributed by atoms with Crippen molar-refractivity contribution in [2.24, 2.45) is 0 Å². The summed E-state index contributed by atoms with van der Waals surface area (Å²) in [6, 6.07) is 16.0. The summed E-state index contributed by atoms with van der Waals surface area (Å²) in [5, 5.41) is 0.744. The van der Waals surface area contributed by atoms with Gasteiger partial charge < -0.3 is 9.31 Å². The Morgan fingerprint density at radius 1 is 0.864 bits per heavy atom. The molecule has 1 fully saturated rings. The zero-order chi connectivity index (χ0) is 16.0. The second-order valence-corrected chi connectivity index (χ2v) is 7.10. The fourth-order valence-electron chi connectivity index (χ4n) is 2.53. The second kappa shape index (κ2) is 5.41. The van der Waals surface area contributed by atoms with Gasteiger partial charge in [-0.2, -0.15) is 0 Å². The first kappa shape index (κ1) is 15.6. The highest BCUT2D eigenvalue weighted by molar-refractivity contribution is 6.62. The highest BCUT2D eigenvalue weighted by atomic mass is 35.5. The Hall–Kier alpha value is -1.29. The first-order valence-corrected chi connectivity index (χ1v) is 7.88. The predicted molar refractivity (Wildman–Crippen MR) is 92.6 cm³/mol. The second-order valence-electron chi connectivity index (χ2n) is 6.69. The van der Waals surface area contributed by atoms with Gasteiger partial charge in [0.05, 0.1) is 11.2 Å². The Balaban J connectivity index is 1.95. The van der Waals surface area contributed by atoms with Gasteiger partial charge in [0, 0.05) is 10.6 Å². The van der Waals surface area contributed by atoms with Crippen molar-refractivity contribution >= 4 is 24.2 Å². The third-order valence-electron chi connectivity index (χ3n) is 4.60. The summed E-state index contributed by atoms with van der Waals surface area (Å²) in [6.45, 7) is 8.24. The van der Waals surface area contributed by atoms with Crippen LogP contribution in [0.2, 0.25) is 5.02 Å². The summed E-state index contributed by atoms with van der Waals surface area (Å²) in [7, 11) is -0.354. The van der Waals surface area contributed by atoms with Crippen molar-refractivity contribution in [1.29, 1.82) is 0 Å². The minimum atomic E-state index is -0.354. The molecule has 1 saturated heterocycles. The summed E-state index contributed by atoms with van der Waals surface area (Å²) in [5.74, 6) is 0. The molecule has 2 nitrogen and oxygen atoms in total. The van der Waals surface area contributed by atoms with Crippen LogP contribution >= 0.6 is 11.6 Å². The number of hydrogen-bond acceptors (Lipinski definition) is 2. The van der Waals surface area contributed by atoms with Gasteiger partial charge in [0.2, 0.25) is 0 Å². The van der Waals surface area contributed by atoms with E-state index in [1.807, 2.05) is 36.4 Å². The molecule has 1 aliphatic heterocycles. The molecule has 0 saturated carbocycles. The molecule has 4 heteroatoms. The standard InChI is InChI=1S/C18H20BClO2/c1-17(2)18(3,4)22-19(21-17)14-9-7-8-13(12-14)15-10-5-6-11-16(15)20/h5-12H,1-4H3. The van der Waals surface area contributed by atoms with Gasteiger partial charge >= 0.3 is 7.12 Å². The van der Waals surface area contributed by atoms with Crippen molar-refractivity contribution in [3.63, 3.8) is 0 Å². The smallest absolute Gasteiger partial charge is 0.399 e. The van der Waals surface area contributed by atoms with Crippen molar-refractivity contribution < 1.29 is 9.31 Å². The minimum Gasteiger partial charge on any atom is -0.399 e. The summed E-state index contributed by atoms with van der Waals surface area (Å²) >= 11 is 6.30. The summed E-state index contributed by atoms with van der Waals surface area (Å²) in [6.07, 6.45) is 0. The van der Waals surface area contributed by atoms with E-state index in [1.165, 1.54) is 0 Å². The summed E-state index contributed by atoms with van der Waals surface area (Å²) in [4.78, 5) is 0. The molecule has 0 aliphatic carbocycles. The van der Waals surface area contributed by atoms with Crippen molar-refractivity contribution in [3.8, 4) is 11.1 Å². The lowest BCUT2D eigenvalue weighted by Crippen LogP contribution is -2.41. The summed E-state index contributed by atoms with van der Waals surface area (Å²) in [5.41, 5.74) is 2.42. The molecule has 0 spiro atoms. The zero-order valence-corrected chi connectivity index (χ0v) is 14.1. The SMILES string of the molecule is CC1(C)OB(c2cccc(-c3ccccc3Cl)c2)OC1(C)C. The molecule has 2 aromatic carbocycles. The molecule has 1 aliphatic rings. The molecule has 22 heavy (non-hydrogen) atoms. The normalized spacial score (nSPS) is 19.4. The maximum absolute atomic E-state index is 6.30. The van der Waals surface area contributed by atoms with Crippen LogP contribution in [0.4, 0.5) is 0 Å². The molecule has 0 atom stereocenters. The van der Waals surface area contributed by atoms with Gasteiger partial charge in [-0.1, -0.05) is 54.1 Å². The van der Waals surface area contributed by atoms with Crippen LogP contribution in [0.1, 0.15) is 27.7 Å². The lowest BCUT2D eigenvalue weighted by Gasteiger charge is -2.32. The van der Waals surface area contributed by atoms with Crippen molar-refractivity contribution in [1.82, 2.24) is 0 Å². The Bertz CT molecular complexity index is 681. The fourth-order valence-corrected chi connectivity index (χ4v) is 2.77. The average molecular weight is 315 g/mol. The molecule has 0 radical (unpaired) electrons. The first-order chi connectivity index (χ1) is 10.3. The lowest BCUT2D eigenvalue weighted by molar-refractivity contribution is 0.00578. The van der Waals surface area contributed by atoms with E-state index < -0.39 is 0 Å². The van der Waals surface area contributed by atoms with Crippen LogP contribution in [-0.4, -0.2) is 18.3 Å². The Morgan fingerprint density at radius 2 is 1.50 bits per heavy atom. The lowest BCUT2D eigenvalue weighted by atomic mass is 9.78. The number of hydrogen-bond donors (Lipinski definition) is 0. The van der Waals surface area contributed by atoms with Gasteiger partial charge in [0.25, 0.3) is 0 Å². The zero-order valence-electron chi connectivity index (χ0n) is 13.4. The predicted octanol–water partition coefficient (Wildman–Crippen LogP) is 4.31. The molecule has 0 N–H and O–H groups in total. The molecule has 1 heterocycles.